The van der Waals surface area contributed by atoms with Gasteiger partial charge in [-0.05, 0) is 12.5 Å². The summed E-state index contributed by atoms with van der Waals surface area (Å²) in [6, 6.07) is 1.02. The normalized spacial score (nSPS) is 20.1. The first kappa shape index (κ1) is 22.3. The number of halogens is 6. The summed E-state index contributed by atoms with van der Waals surface area (Å²) in [5.41, 5.74) is 0.0473. The van der Waals surface area contributed by atoms with Crippen LogP contribution in [0.4, 0.5) is 38.0 Å². The summed E-state index contributed by atoms with van der Waals surface area (Å²) in [6.07, 6.45) is -5.59. The van der Waals surface area contributed by atoms with Crippen LogP contribution in [0.15, 0.2) is 12.3 Å². The molecule has 8 nitrogen and oxygen atoms in total. The zero-order valence-corrected chi connectivity index (χ0v) is 17.6. The van der Waals surface area contributed by atoms with E-state index in [-0.39, 0.29) is 40.7 Å². The van der Waals surface area contributed by atoms with Crippen molar-refractivity contribution in [3.05, 3.63) is 23.6 Å². The minimum atomic E-state index is -5.72. The van der Waals surface area contributed by atoms with Crippen molar-refractivity contribution in [2.24, 2.45) is 0 Å². The standard InChI is InChI=1S/C20H17F6N7O/c1-18-2-4-27-14-12(18)15(29-11(34)7-18)31-16(30-14)13-10-6-9(21)8-28-17(10)33(32-13)5-3-19(22,23)20(24,25)26/h6,8H,2-5,7H2,1H3,(H2,27,29,30,31,34)/t18-/m1/s1. The lowest BCUT2D eigenvalue weighted by Gasteiger charge is -2.39. The number of amides is 1. The van der Waals surface area contributed by atoms with Crippen LogP contribution in [0.5, 0.6) is 0 Å². The molecule has 2 N–H and O–H groups in total. The number of alkyl halides is 5. The molecular formula is C20H17F6N7O. The minimum Gasteiger partial charge on any atom is -0.370 e. The molecule has 0 fully saturated rings. The second-order valence-corrected chi connectivity index (χ2v) is 8.63. The predicted molar refractivity (Wildman–Crippen MR) is 108 cm³/mol. The van der Waals surface area contributed by atoms with Gasteiger partial charge in [-0.15, -0.1) is 0 Å². The summed E-state index contributed by atoms with van der Waals surface area (Å²) in [5, 5.41) is 9.95. The van der Waals surface area contributed by atoms with Crippen molar-refractivity contribution in [3.63, 3.8) is 0 Å². The smallest absolute Gasteiger partial charge is 0.370 e. The van der Waals surface area contributed by atoms with Crippen LogP contribution in [0.2, 0.25) is 0 Å². The highest BCUT2D eigenvalue weighted by Gasteiger charge is 2.56. The van der Waals surface area contributed by atoms with Gasteiger partial charge in [0.15, 0.2) is 11.5 Å². The van der Waals surface area contributed by atoms with E-state index in [1.807, 2.05) is 6.92 Å². The lowest BCUT2D eigenvalue weighted by atomic mass is 9.73. The average molecular weight is 485 g/mol. The van der Waals surface area contributed by atoms with Gasteiger partial charge in [0.2, 0.25) is 5.91 Å². The number of fused-ring (bicyclic) bond motifs is 1. The molecule has 0 aliphatic carbocycles. The Morgan fingerprint density at radius 2 is 1.91 bits per heavy atom. The van der Waals surface area contributed by atoms with Crippen molar-refractivity contribution in [2.45, 2.75) is 50.2 Å². The number of carbonyl (C=O) groups excluding carboxylic acids is 1. The summed E-state index contributed by atoms with van der Waals surface area (Å²) in [6.45, 7) is 1.61. The number of hydrogen-bond acceptors (Lipinski definition) is 6. The van der Waals surface area contributed by atoms with Gasteiger partial charge < -0.3 is 10.6 Å². The van der Waals surface area contributed by atoms with Crippen molar-refractivity contribution in [2.75, 3.05) is 17.2 Å². The Morgan fingerprint density at radius 1 is 1.18 bits per heavy atom. The van der Waals surface area contributed by atoms with Gasteiger partial charge in [0.1, 0.15) is 23.1 Å². The van der Waals surface area contributed by atoms with E-state index in [1.165, 1.54) is 0 Å². The minimum absolute atomic E-state index is 0.0307. The number of nitrogens with zero attached hydrogens (tertiary/aromatic N) is 5. The Kier molecular flexibility index (Phi) is 4.78. The summed E-state index contributed by atoms with van der Waals surface area (Å²) in [5.74, 6) is -5.36. The largest absolute Gasteiger partial charge is 0.453 e. The topological polar surface area (TPSA) is 97.6 Å². The third kappa shape index (κ3) is 3.51. The molecule has 14 heteroatoms. The fraction of sp³-hybridized carbons (Fsp3) is 0.450. The Labute approximate surface area is 187 Å². The Balaban J connectivity index is 1.62. The van der Waals surface area contributed by atoms with Gasteiger partial charge in [-0.3, -0.25) is 4.79 Å². The summed E-state index contributed by atoms with van der Waals surface area (Å²) in [4.78, 5) is 24.9. The quantitative estimate of drug-likeness (QED) is 0.542. The zero-order chi connectivity index (χ0) is 24.5. The molecule has 0 radical (unpaired) electrons. The highest BCUT2D eigenvalue weighted by molar-refractivity contribution is 5.97. The molecule has 1 amide bonds. The molecule has 0 saturated carbocycles. The summed E-state index contributed by atoms with van der Waals surface area (Å²) in [7, 11) is 0. The Bertz CT molecular complexity index is 1320. The second kappa shape index (κ2) is 7.27. The maximum Gasteiger partial charge on any atom is 0.453 e. The number of rotatable bonds is 4. The van der Waals surface area contributed by atoms with Crippen molar-refractivity contribution in [1.82, 2.24) is 24.7 Å². The zero-order valence-electron chi connectivity index (χ0n) is 17.6. The molecule has 0 spiro atoms. The van der Waals surface area contributed by atoms with Crippen LogP contribution in [0, 0.1) is 5.82 Å². The Hall–Kier alpha value is -3.45. The first-order chi connectivity index (χ1) is 15.9. The van der Waals surface area contributed by atoms with E-state index in [1.54, 1.807) is 0 Å². The average Bonchev–Trinajstić information content (AvgIpc) is 3.08. The molecule has 2 aliphatic heterocycles. The van der Waals surface area contributed by atoms with Crippen LogP contribution in [-0.4, -0.2) is 49.3 Å². The Morgan fingerprint density at radius 3 is 2.65 bits per heavy atom. The van der Waals surface area contributed by atoms with Crippen LogP contribution >= 0.6 is 0 Å². The number of nitrogens with one attached hydrogen (secondary N) is 2. The summed E-state index contributed by atoms with van der Waals surface area (Å²) >= 11 is 0. The van der Waals surface area contributed by atoms with E-state index in [9.17, 15) is 31.1 Å². The number of anilines is 2. The van der Waals surface area contributed by atoms with Crippen LogP contribution in [0.3, 0.4) is 0 Å². The molecule has 0 saturated heterocycles. The van der Waals surface area contributed by atoms with Gasteiger partial charge in [-0.1, -0.05) is 6.92 Å². The highest BCUT2D eigenvalue weighted by atomic mass is 19.4. The third-order valence-electron chi connectivity index (χ3n) is 6.11. The van der Waals surface area contributed by atoms with Gasteiger partial charge in [0, 0.05) is 36.9 Å². The monoisotopic (exact) mass is 485 g/mol. The van der Waals surface area contributed by atoms with Gasteiger partial charge in [0.05, 0.1) is 11.6 Å². The van der Waals surface area contributed by atoms with Gasteiger partial charge in [-0.2, -0.15) is 27.1 Å². The van der Waals surface area contributed by atoms with Crippen LogP contribution in [0.1, 0.15) is 31.7 Å². The number of hydrogen-bond donors (Lipinski definition) is 2. The fourth-order valence-corrected chi connectivity index (χ4v) is 4.39. The number of carbonyl (C=O) groups is 1. The highest BCUT2D eigenvalue weighted by Crippen LogP contribution is 2.46. The van der Waals surface area contributed by atoms with Crippen molar-refractivity contribution < 1.29 is 31.1 Å². The maximum atomic E-state index is 14.0. The van der Waals surface area contributed by atoms with E-state index >= 15 is 0 Å². The molecular weight excluding hydrogens is 468 g/mol. The maximum absolute atomic E-state index is 14.0. The first-order valence-electron chi connectivity index (χ1n) is 10.3. The molecule has 180 valence electrons. The van der Waals surface area contributed by atoms with Gasteiger partial charge in [-0.25, -0.2) is 24.0 Å². The molecule has 34 heavy (non-hydrogen) atoms. The molecule has 0 unspecified atom stereocenters. The molecule has 3 aromatic heterocycles. The molecule has 1 atom stereocenters. The lowest BCUT2D eigenvalue weighted by Crippen LogP contribution is -2.41. The van der Waals surface area contributed by atoms with E-state index in [2.05, 4.69) is 30.7 Å². The number of aromatic nitrogens is 5. The number of aryl methyl sites for hydroxylation is 1. The first-order valence-corrected chi connectivity index (χ1v) is 10.3. The fourth-order valence-electron chi connectivity index (χ4n) is 4.39. The van der Waals surface area contributed by atoms with E-state index < -0.39 is 36.3 Å². The molecule has 0 bridgehead atoms. The van der Waals surface area contributed by atoms with Crippen LogP contribution in [-0.2, 0) is 16.8 Å². The second-order valence-electron chi connectivity index (χ2n) is 8.63. The van der Waals surface area contributed by atoms with Crippen molar-refractivity contribution >= 4 is 28.6 Å². The van der Waals surface area contributed by atoms with Crippen LogP contribution < -0.4 is 10.6 Å². The van der Waals surface area contributed by atoms with Crippen LogP contribution in [0.25, 0.3) is 22.6 Å². The van der Waals surface area contributed by atoms with E-state index in [4.69, 9.17) is 0 Å². The molecule has 5 heterocycles. The van der Waals surface area contributed by atoms with Crippen molar-refractivity contribution in [1.29, 1.82) is 0 Å². The third-order valence-corrected chi connectivity index (χ3v) is 6.11. The predicted octanol–water partition coefficient (Wildman–Crippen LogP) is 4.03. The molecule has 3 aromatic rings. The summed E-state index contributed by atoms with van der Waals surface area (Å²) < 4.78 is 79.6. The van der Waals surface area contributed by atoms with E-state index in [0.29, 0.717) is 24.3 Å². The SMILES string of the molecule is C[C@]12CCNc3nc(-c4nn(CCC(F)(F)C(F)(F)F)c5ncc(F)cc45)nc(c31)NC(=O)C2. The van der Waals surface area contributed by atoms with Gasteiger partial charge in [0.25, 0.3) is 0 Å². The van der Waals surface area contributed by atoms with Gasteiger partial charge >= 0.3 is 12.1 Å². The lowest BCUT2D eigenvalue weighted by molar-refractivity contribution is -0.285. The molecule has 0 aromatic carbocycles. The van der Waals surface area contributed by atoms with E-state index in [0.717, 1.165) is 16.9 Å². The van der Waals surface area contributed by atoms with Crippen molar-refractivity contribution in [3.8, 4) is 11.5 Å². The number of pyridine rings is 1. The molecule has 5 rings (SSSR count). The molecule has 2 aliphatic rings.